The first-order valence-electron chi connectivity index (χ1n) is 18.0. The molecule has 0 spiro atoms. The molecule has 1 aromatic carbocycles. The second-order valence-electron chi connectivity index (χ2n) is 12.4. The first kappa shape index (κ1) is 36.5. The predicted octanol–water partition coefficient (Wildman–Crippen LogP) is 11.7. The van der Waals surface area contributed by atoms with Crippen molar-refractivity contribution in [3.63, 3.8) is 0 Å². The van der Waals surface area contributed by atoms with E-state index in [4.69, 9.17) is 18.2 Å². The number of aromatic nitrogens is 2. The normalized spacial score (nSPS) is 11.5. The fourth-order valence-corrected chi connectivity index (χ4v) is 9.84. The van der Waals surface area contributed by atoms with E-state index in [1.54, 1.807) is 0 Å². The van der Waals surface area contributed by atoms with Crippen LogP contribution in [-0.2, 0) is 0 Å². The summed E-state index contributed by atoms with van der Waals surface area (Å²) in [4.78, 5) is 4.57. The van der Waals surface area contributed by atoms with Crippen molar-refractivity contribution in [2.75, 3.05) is 13.2 Å². The summed E-state index contributed by atoms with van der Waals surface area (Å²) in [5, 5.41) is 0. The van der Waals surface area contributed by atoms with Gasteiger partial charge in [0.05, 0.1) is 0 Å². The summed E-state index contributed by atoms with van der Waals surface area (Å²) >= 11 is 1.84. The fourth-order valence-electron chi connectivity index (χ4n) is 6.06. The molecular formula is C38H56N2O2SSe2. The van der Waals surface area contributed by atoms with Crippen molar-refractivity contribution in [3.05, 3.63) is 34.1 Å². The Morgan fingerprint density at radius 3 is 1.20 bits per heavy atom. The van der Waals surface area contributed by atoms with E-state index in [1.807, 2.05) is 0 Å². The van der Waals surface area contributed by atoms with Crippen molar-refractivity contribution >= 4 is 51.8 Å². The molecule has 4 aromatic rings. The Balaban J connectivity index is 1.42. The van der Waals surface area contributed by atoms with Crippen molar-refractivity contribution in [2.24, 2.45) is 0 Å². The number of ether oxygens (including phenoxy) is 2. The maximum absolute atomic E-state index is 6.79. The van der Waals surface area contributed by atoms with Gasteiger partial charge in [-0.05, 0) is 0 Å². The van der Waals surface area contributed by atoms with Gasteiger partial charge in [-0.2, -0.15) is 0 Å². The van der Waals surface area contributed by atoms with Crippen LogP contribution >= 0.6 is 11.7 Å². The third-order valence-electron chi connectivity index (χ3n) is 8.65. The molecule has 0 fully saturated rings. The van der Waals surface area contributed by atoms with E-state index in [-0.39, 0.29) is 29.0 Å². The van der Waals surface area contributed by atoms with E-state index in [0.29, 0.717) is 0 Å². The minimum absolute atomic E-state index is 0.263. The van der Waals surface area contributed by atoms with Gasteiger partial charge in [0.25, 0.3) is 0 Å². The standard InChI is InChI=1S/C38H56N2O2SSe2/c1-3-5-7-9-11-13-15-17-19-21-27-41-37-33(31-25-23-29-44-31)35-36(40-43-39-35)34(32-26-24-30-45-32)38(37)42-28-22-20-18-16-14-12-10-8-6-4-2/h23-26,29-30H,3-22,27-28H2,1-2H3. The van der Waals surface area contributed by atoms with E-state index in [0.717, 1.165) is 59.7 Å². The molecule has 0 N–H and O–H groups in total. The molecule has 0 radical (unpaired) electrons. The Labute approximate surface area is 289 Å². The first-order valence-corrected chi connectivity index (χ1v) is 22.4. The SMILES string of the molecule is CCCCCCCCCCCCOc1c(OCCCCCCCCCCCC)c(-c2ccc[se]2)c2nsnc2c1-c1ccc[se]1. The summed E-state index contributed by atoms with van der Waals surface area (Å²) in [5.74, 6) is 1.82. The molecule has 0 bridgehead atoms. The average Bonchev–Trinajstić information content (AvgIpc) is 3.86. The summed E-state index contributed by atoms with van der Waals surface area (Å²) in [5.41, 5.74) is 4.22. The zero-order valence-corrected chi connectivity index (χ0v) is 32.2. The molecule has 0 amide bonds. The summed E-state index contributed by atoms with van der Waals surface area (Å²) in [6.45, 7) is 6.02. The number of nitrogens with zero attached hydrogens (tertiary/aromatic N) is 2. The molecule has 3 aromatic heterocycles. The Morgan fingerprint density at radius 2 is 0.867 bits per heavy atom. The van der Waals surface area contributed by atoms with Gasteiger partial charge < -0.3 is 0 Å². The van der Waals surface area contributed by atoms with Crippen LogP contribution in [0.5, 0.6) is 11.5 Å². The fraction of sp³-hybridized carbons (Fsp3) is 0.632. The number of fused-ring (bicyclic) bond motifs is 1. The van der Waals surface area contributed by atoms with Crippen LogP contribution in [0.4, 0.5) is 0 Å². The molecule has 0 atom stereocenters. The van der Waals surface area contributed by atoms with Gasteiger partial charge in [0, 0.05) is 0 Å². The van der Waals surface area contributed by atoms with Crippen LogP contribution in [0.1, 0.15) is 142 Å². The van der Waals surface area contributed by atoms with Gasteiger partial charge in [-0.1, -0.05) is 52.4 Å². The van der Waals surface area contributed by atoms with Crippen molar-refractivity contribution in [1.82, 2.24) is 8.75 Å². The summed E-state index contributed by atoms with van der Waals surface area (Å²) in [6.07, 6.45) is 26.4. The van der Waals surface area contributed by atoms with Crippen molar-refractivity contribution in [2.45, 2.75) is 142 Å². The van der Waals surface area contributed by atoms with Gasteiger partial charge in [0.2, 0.25) is 0 Å². The molecule has 4 rings (SSSR count). The molecular weight excluding hydrogens is 706 g/mol. The molecule has 248 valence electrons. The van der Waals surface area contributed by atoms with E-state index >= 15 is 0 Å². The van der Waals surface area contributed by atoms with E-state index in [9.17, 15) is 0 Å². The summed E-state index contributed by atoms with van der Waals surface area (Å²) in [6, 6.07) is 8.84. The molecule has 0 saturated heterocycles. The Kier molecular flexibility index (Phi) is 18.0. The van der Waals surface area contributed by atoms with Gasteiger partial charge >= 0.3 is 239 Å². The van der Waals surface area contributed by atoms with Crippen LogP contribution in [-0.4, -0.2) is 51.0 Å². The molecule has 3 heterocycles. The topological polar surface area (TPSA) is 44.2 Å². The van der Waals surface area contributed by atoms with Crippen LogP contribution in [0, 0.1) is 0 Å². The minimum atomic E-state index is 0.263. The third kappa shape index (κ3) is 12.0. The van der Waals surface area contributed by atoms with Crippen LogP contribution in [0.15, 0.2) is 34.1 Å². The number of benzene rings is 1. The Morgan fingerprint density at radius 1 is 0.511 bits per heavy atom. The molecule has 0 saturated carbocycles. The van der Waals surface area contributed by atoms with Gasteiger partial charge in [-0.15, -0.1) is 0 Å². The monoisotopic (exact) mass is 764 g/mol. The molecule has 0 aliphatic heterocycles. The van der Waals surface area contributed by atoms with Gasteiger partial charge in [-0.25, -0.2) is 0 Å². The van der Waals surface area contributed by atoms with Gasteiger partial charge in [0.15, 0.2) is 0 Å². The second-order valence-corrected chi connectivity index (χ2v) is 16.9. The molecule has 4 nitrogen and oxygen atoms in total. The van der Waals surface area contributed by atoms with Crippen LogP contribution in [0.25, 0.3) is 31.0 Å². The third-order valence-corrected chi connectivity index (χ3v) is 12.9. The zero-order valence-electron chi connectivity index (χ0n) is 28.0. The molecule has 0 unspecified atom stereocenters. The molecule has 0 aliphatic carbocycles. The molecule has 7 heteroatoms. The van der Waals surface area contributed by atoms with E-state index in [1.165, 1.54) is 136 Å². The molecule has 45 heavy (non-hydrogen) atoms. The number of hydrogen-bond donors (Lipinski definition) is 0. The Hall–Kier alpha value is -1.36. The van der Waals surface area contributed by atoms with Crippen LogP contribution in [0.3, 0.4) is 0 Å². The average molecular weight is 763 g/mol. The van der Waals surface area contributed by atoms with Crippen molar-refractivity contribution in [3.8, 4) is 31.5 Å². The Bertz CT molecular complexity index is 1210. The van der Waals surface area contributed by atoms with Crippen molar-refractivity contribution in [1.29, 1.82) is 0 Å². The second kappa shape index (κ2) is 22.3. The summed E-state index contributed by atoms with van der Waals surface area (Å²) in [7, 11) is 0. The maximum atomic E-state index is 6.79. The van der Waals surface area contributed by atoms with Gasteiger partial charge in [0.1, 0.15) is 0 Å². The summed E-state index contributed by atoms with van der Waals surface area (Å²) < 4.78 is 25.9. The van der Waals surface area contributed by atoms with Gasteiger partial charge in [-0.3, -0.25) is 0 Å². The van der Waals surface area contributed by atoms with E-state index in [2.05, 4.69) is 48.0 Å². The zero-order chi connectivity index (χ0) is 31.4. The van der Waals surface area contributed by atoms with Crippen molar-refractivity contribution < 1.29 is 9.47 Å². The van der Waals surface area contributed by atoms with Crippen LogP contribution < -0.4 is 9.47 Å². The number of hydrogen-bond acceptors (Lipinski definition) is 5. The number of unbranched alkanes of at least 4 members (excludes halogenated alkanes) is 18. The first-order chi connectivity index (χ1) is 22.3. The molecule has 0 aliphatic rings. The number of rotatable bonds is 26. The quantitative estimate of drug-likeness (QED) is 0.0472. The van der Waals surface area contributed by atoms with E-state index < -0.39 is 0 Å². The van der Waals surface area contributed by atoms with Crippen LogP contribution in [0.2, 0.25) is 0 Å². The predicted molar refractivity (Wildman–Crippen MR) is 197 cm³/mol.